The Morgan fingerprint density at radius 1 is 0.893 bits per heavy atom. The molecule has 2 rings (SSSR count). The second-order valence-electron chi connectivity index (χ2n) is 5.22. The van der Waals surface area contributed by atoms with Crippen LogP contribution >= 0.6 is 0 Å². The van der Waals surface area contributed by atoms with Gasteiger partial charge in [-0.15, -0.1) is 0 Å². The zero-order valence-corrected chi connectivity index (χ0v) is 15.7. The molecule has 0 atom stereocenters. The first kappa shape index (κ1) is 24.5. The summed E-state index contributed by atoms with van der Waals surface area (Å²) in [5, 5.41) is 9.14. The van der Waals surface area contributed by atoms with E-state index in [9.17, 15) is 19.2 Å². The molecule has 0 aliphatic heterocycles. The first-order valence-corrected chi connectivity index (χ1v) is 8.49. The number of methoxy groups -OCH3 is 1. The van der Waals surface area contributed by atoms with Gasteiger partial charge in [-0.1, -0.05) is 36.4 Å². The number of aldehydes is 4. The summed E-state index contributed by atoms with van der Waals surface area (Å²) in [5.74, 6) is 0.354. The lowest BCUT2D eigenvalue weighted by molar-refractivity contribution is -0.109. The van der Waals surface area contributed by atoms with E-state index in [1.165, 1.54) is 19.3 Å². The Morgan fingerprint density at radius 2 is 1.54 bits per heavy atom. The topological polar surface area (TPSA) is 97.7 Å². The highest BCUT2D eigenvalue weighted by molar-refractivity contribution is 5.76. The molecular formula is C22H24O6. The largest absolute Gasteiger partial charge is 0.504 e. The van der Waals surface area contributed by atoms with Gasteiger partial charge in [0.05, 0.1) is 7.11 Å². The van der Waals surface area contributed by atoms with Crippen molar-refractivity contribution in [1.29, 1.82) is 0 Å². The summed E-state index contributed by atoms with van der Waals surface area (Å²) in [6.07, 6.45) is 8.06. The molecule has 0 spiro atoms. The molecule has 0 amide bonds. The Labute approximate surface area is 164 Å². The van der Waals surface area contributed by atoms with E-state index in [4.69, 9.17) is 9.84 Å². The molecule has 0 unspecified atom stereocenters. The summed E-state index contributed by atoms with van der Waals surface area (Å²) in [7, 11) is 1.45. The van der Waals surface area contributed by atoms with Crippen molar-refractivity contribution in [1.82, 2.24) is 0 Å². The van der Waals surface area contributed by atoms with Gasteiger partial charge < -0.3 is 19.4 Å². The second-order valence-corrected chi connectivity index (χ2v) is 5.22. The Balaban J connectivity index is 0.000000402. The number of aromatic hydroxyl groups is 1. The highest BCUT2D eigenvalue weighted by Crippen LogP contribution is 2.25. The molecule has 0 aromatic heterocycles. The van der Waals surface area contributed by atoms with Crippen LogP contribution in [0.25, 0.3) is 6.08 Å². The standard InChI is InChI=1S/C9H8O.C8H8O3.C5H8O2/c10-8-4-7-9-5-2-1-3-6-9;1-11-8-3-2-6(5-9)4-7(8)10;6-4-2-1-3-5-7/h1-8H;2-5,10H,1H3;4-5H,1-3H2/b7-4+;;. The maximum Gasteiger partial charge on any atom is 0.160 e. The number of ether oxygens (including phenoxy) is 1. The lowest BCUT2D eigenvalue weighted by Crippen LogP contribution is -1.85. The van der Waals surface area contributed by atoms with Crippen molar-refractivity contribution >= 4 is 31.2 Å². The van der Waals surface area contributed by atoms with E-state index in [1.54, 1.807) is 18.2 Å². The van der Waals surface area contributed by atoms with Gasteiger partial charge in [-0.05, 0) is 36.3 Å². The van der Waals surface area contributed by atoms with Crippen molar-refractivity contribution in [2.24, 2.45) is 0 Å². The number of rotatable bonds is 8. The van der Waals surface area contributed by atoms with Crippen LogP contribution in [0.5, 0.6) is 11.5 Å². The van der Waals surface area contributed by atoms with Crippen molar-refractivity contribution in [2.75, 3.05) is 7.11 Å². The first-order chi connectivity index (χ1) is 13.6. The summed E-state index contributed by atoms with van der Waals surface area (Å²) in [6, 6.07) is 14.2. The molecule has 0 saturated carbocycles. The van der Waals surface area contributed by atoms with Crippen LogP contribution in [-0.4, -0.2) is 37.4 Å². The van der Waals surface area contributed by atoms with Gasteiger partial charge in [-0.3, -0.25) is 9.59 Å². The van der Waals surface area contributed by atoms with Crippen molar-refractivity contribution in [3.63, 3.8) is 0 Å². The smallest absolute Gasteiger partial charge is 0.160 e. The highest BCUT2D eigenvalue weighted by atomic mass is 16.5. The van der Waals surface area contributed by atoms with E-state index in [2.05, 4.69) is 0 Å². The van der Waals surface area contributed by atoms with Crippen LogP contribution < -0.4 is 4.74 Å². The molecule has 0 radical (unpaired) electrons. The van der Waals surface area contributed by atoms with E-state index in [1.807, 2.05) is 30.3 Å². The number of phenolic OH excluding ortho intramolecular Hbond substituents is 1. The van der Waals surface area contributed by atoms with Gasteiger partial charge in [0.15, 0.2) is 11.5 Å². The fourth-order valence-electron chi connectivity index (χ4n) is 1.78. The van der Waals surface area contributed by atoms with Crippen LogP contribution in [-0.2, 0) is 14.4 Å². The number of allylic oxidation sites excluding steroid dienone is 1. The number of unbranched alkanes of at least 4 members (excludes halogenated alkanes) is 2. The molecule has 148 valence electrons. The third kappa shape index (κ3) is 11.9. The molecule has 28 heavy (non-hydrogen) atoms. The van der Waals surface area contributed by atoms with Crippen molar-refractivity contribution < 1.29 is 29.0 Å². The zero-order chi connectivity index (χ0) is 21.0. The molecule has 0 fully saturated rings. The molecule has 2 aromatic carbocycles. The van der Waals surface area contributed by atoms with Crippen LogP contribution in [0.3, 0.4) is 0 Å². The zero-order valence-electron chi connectivity index (χ0n) is 15.7. The molecule has 1 N–H and O–H groups in total. The predicted octanol–water partition coefficient (Wildman–Crippen LogP) is 3.67. The summed E-state index contributed by atoms with van der Waals surface area (Å²) >= 11 is 0. The van der Waals surface area contributed by atoms with Crippen LogP contribution in [0, 0.1) is 0 Å². The summed E-state index contributed by atoms with van der Waals surface area (Å²) in [4.78, 5) is 39.2. The number of hydrogen-bond acceptors (Lipinski definition) is 6. The molecule has 0 heterocycles. The third-order valence-corrected chi connectivity index (χ3v) is 3.15. The van der Waals surface area contributed by atoms with Crippen molar-refractivity contribution in [2.45, 2.75) is 19.3 Å². The fraction of sp³-hybridized carbons (Fsp3) is 0.182. The molecular weight excluding hydrogens is 360 g/mol. The maximum absolute atomic E-state index is 10.2. The van der Waals surface area contributed by atoms with Crippen LogP contribution in [0.15, 0.2) is 54.6 Å². The Hall–Kier alpha value is -3.54. The number of carbonyl (C=O) groups excluding carboxylic acids is 4. The quantitative estimate of drug-likeness (QED) is 0.424. The molecule has 0 aliphatic carbocycles. The van der Waals surface area contributed by atoms with Gasteiger partial charge >= 0.3 is 0 Å². The third-order valence-electron chi connectivity index (χ3n) is 3.15. The molecule has 0 saturated heterocycles. The Morgan fingerprint density at radius 3 is 2.00 bits per heavy atom. The van der Waals surface area contributed by atoms with Gasteiger partial charge in [-0.2, -0.15) is 0 Å². The van der Waals surface area contributed by atoms with Gasteiger partial charge in [0.2, 0.25) is 0 Å². The average molecular weight is 384 g/mol. The molecule has 0 bridgehead atoms. The monoisotopic (exact) mass is 384 g/mol. The van der Waals surface area contributed by atoms with E-state index in [0.717, 1.165) is 24.4 Å². The lowest BCUT2D eigenvalue weighted by Gasteiger charge is -2.01. The summed E-state index contributed by atoms with van der Waals surface area (Å²) in [6.45, 7) is 0. The average Bonchev–Trinajstić information content (AvgIpc) is 2.74. The minimum Gasteiger partial charge on any atom is -0.504 e. The maximum atomic E-state index is 10.2. The van der Waals surface area contributed by atoms with Crippen molar-refractivity contribution in [3.8, 4) is 11.5 Å². The van der Waals surface area contributed by atoms with Gasteiger partial charge in [0, 0.05) is 18.4 Å². The lowest BCUT2D eigenvalue weighted by atomic mass is 10.2. The van der Waals surface area contributed by atoms with Crippen LogP contribution in [0.1, 0.15) is 35.2 Å². The predicted molar refractivity (Wildman–Crippen MR) is 108 cm³/mol. The minimum atomic E-state index is -0.0166. The van der Waals surface area contributed by atoms with Gasteiger partial charge in [-0.25, -0.2) is 0 Å². The SMILES string of the molecule is COc1ccc(C=O)cc1O.O=C/C=C/c1ccccc1.O=CCCCC=O. The van der Waals surface area contributed by atoms with E-state index in [-0.39, 0.29) is 5.75 Å². The van der Waals surface area contributed by atoms with E-state index < -0.39 is 0 Å². The molecule has 6 nitrogen and oxygen atoms in total. The Kier molecular flexibility index (Phi) is 14.8. The summed E-state index contributed by atoms with van der Waals surface area (Å²) in [5.41, 5.74) is 1.48. The minimum absolute atomic E-state index is 0.0166. The first-order valence-electron chi connectivity index (χ1n) is 8.49. The van der Waals surface area contributed by atoms with E-state index in [0.29, 0.717) is 36.9 Å². The number of phenols is 1. The fourth-order valence-corrected chi connectivity index (χ4v) is 1.78. The number of hydrogen-bond donors (Lipinski definition) is 1. The van der Waals surface area contributed by atoms with Crippen LogP contribution in [0.4, 0.5) is 0 Å². The van der Waals surface area contributed by atoms with Gasteiger partial charge in [0.1, 0.15) is 25.1 Å². The normalized spacial score (nSPS) is 9.18. The summed E-state index contributed by atoms with van der Waals surface area (Å²) < 4.78 is 4.78. The second kappa shape index (κ2) is 16.9. The van der Waals surface area contributed by atoms with Crippen molar-refractivity contribution in [3.05, 3.63) is 65.7 Å². The molecule has 2 aromatic rings. The molecule has 0 aliphatic rings. The van der Waals surface area contributed by atoms with Crippen LogP contribution in [0.2, 0.25) is 0 Å². The molecule has 6 heteroatoms. The number of benzene rings is 2. The Bertz CT molecular complexity index is 730. The highest BCUT2D eigenvalue weighted by Gasteiger charge is 2.00. The van der Waals surface area contributed by atoms with E-state index >= 15 is 0 Å². The van der Waals surface area contributed by atoms with Gasteiger partial charge in [0.25, 0.3) is 0 Å². The number of carbonyl (C=O) groups is 4.